The molecule has 0 N–H and O–H groups in total. The van der Waals surface area contributed by atoms with Gasteiger partial charge in [-0.15, -0.1) is 11.3 Å². The summed E-state index contributed by atoms with van der Waals surface area (Å²) in [5.74, 6) is 0. The lowest BCUT2D eigenvalue weighted by atomic mass is 9.82. The Morgan fingerprint density at radius 2 is 0.891 bits per heavy atom. The van der Waals surface area contributed by atoms with E-state index in [1.807, 2.05) is 11.3 Å². The van der Waals surface area contributed by atoms with Crippen LogP contribution in [-0.4, -0.2) is 0 Å². The summed E-state index contributed by atoms with van der Waals surface area (Å²) in [5, 5.41) is 12.1. The van der Waals surface area contributed by atoms with Crippen molar-refractivity contribution in [1.29, 1.82) is 0 Å². The topological polar surface area (TPSA) is 0 Å². The molecule has 13 rings (SSSR count). The number of benzene rings is 10. The molecule has 0 bridgehead atoms. The summed E-state index contributed by atoms with van der Waals surface area (Å²) < 4.78 is 2.68. The maximum atomic E-state index is 2.53. The lowest BCUT2D eigenvalue weighted by Gasteiger charge is -2.21. The SMILES string of the molecule is C1=CC(c2ccc(P(c3ccc(-c4ccccc4)cc3)c3ccc4c(c3)sc3cc5c6c(cccc6c34)-c3c-5c(-c4ccccc4)c4ccccc4c3-c3ccccc3)cc2)=CCC1. The number of thiophene rings is 1. The van der Waals surface area contributed by atoms with E-state index in [1.165, 1.54) is 124 Å². The molecule has 2 heteroatoms. The summed E-state index contributed by atoms with van der Waals surface area (Å²) >= 11 is 1.95. The van der Waals surface area contributed by atoms with Crippen LogP contribution in [0.2, 0.25) is 0 Å². The Morgan fingerprint density at radius 3 is 1.52 bits per heavy atom. The van der Waals surface area contributed by atoms with Crippen LogP contribution in [0, 0.1) is 0 Å². The zero-order valence-corrected chi connectivity index (χ0v) is 36.8. The molecule has 1 aromatic heterocycles. The van der Waals surface area contributed by atoms with Crippen LogP contribution < -0.4 is 15.9 Å². The normalized spacial score (nSPS) is 13.5. The van der Waals surface area contributed by atoms with Gasteiger partial charge in [-0.05, 0) is 137 Å². The predicted octanol–water partition coefficient (Wildman–Crippen LogP) is 16.5. The van der Waals surface area contributed by atoms with Crippen molar-refractivity contribution in [3.05, 3.63) is 230 Å². The first-order valence-electron chi connectivity index (χ1n) is 22.3. The van der Waals surface area contributed by atoms with Gasteiger partial charge in [-0.3, -0.25) is 0 Å². The standard InChI is InChI=1S/C62H41PS/c1-5-16-40(17-6-1)42-28-32-46(33-29-42)63(47-34-30-43(31-35-47)41-18-7-2-8-19-41)48-36-37-51-55(38-48)64-56-39-54-59-52(60(51)56)26-15-27-53(59)61-57(44-20-9-3-10-21-44)49-24-13-14-25-50(49)58(62(54)61)45-22-11-4-12-23-45/h1,3-7,9-39H,2,8H2. The lowest BCUT2D eigenvalue weighted by Crippen LogP contribution is -2.20. The van der Waals surface area contributed by atoms with Crippen LogP contribution in [0.3, 0.4) is 0 Å². The monoisotopic (exact) mass is 848 g/mol. The van der Waals surface area contributed by atoms with Crippen molar-refractivity contribution in [3.8, 4) is 55.6 Å². The molecular weight excluding hydrogens is 808 g/mol. The first kappa shape index (κ1) is 37.4. The van der Waals surface area contributed by atoms with Gasteiger partial charge >= 0.3 is 0 Å². The second-order valence-corrected chi connectivity index (χ2v) is 20.3. The van der Waals surface area contributed by atoms with Gasteiger partial charge in [0.25, 0.3) is 0 Å². The van der Waals surface area contributed by atoms with Gasteiger partial charge in [0.05, 0.1) is 0 Å². The van der Waals surface area contributed by atoms with Crippen molar-refractivity contribution in [1.82, 2.24) is 0 Å². The molecule has 0 radical (unpaired) electrons. The average molecular weight is 849 g/mol. The smallest absolute Gasteiger partial charge is 0.0368 e. The Balaban J connectivity index is 1.02. The van der Waals surface area contributed by atoms with Gasteiger partial charge in [0.1, 0.15) is 0 Å². The number of rotatable bonds is 7. The van der Waals surface area contributed by atoms with E-state index in [-0.39, 0.29) is 0 Å². The van der Waals surface area contributed by atoms with Gasteiger partial charge in [0.2, 0.25) is 0 Å². The van der Waals surface area contributed by atoms with Gasteiger partial charge < -0.3 is 0 Å². The second kappa shape index (κ2) is 15.3. The minimum atomic E-state index is -0.833. The Bertz CT molecular complexity index is 3670. The molecule has 1 heterocycles. The van der Waals surface area contributed by atoms with E-state index in [9.17, 15) is 0 Å². The molecule has 11 aromatic rings. The van der Waals surface area contributed by atoms with Crippen LogP contribution in [0.5, 0.6) is 0 Å². The molecule has 1 atom stereocenters. The highest BCUT2D eigenvalue weighted by Crippen LogP contribution is 2.59. The highest BCUT2D eigenvalue weighted by atomic mass is 32.1. The Hall–Kier alpha value is -7.15. The fourth-order valence-electron chi connectivity index (χ4n) is 10.6. The van der Waals surface area contributed by atoms with Crippen molar-refractivity contribution >= 4 is 82.5 Å². The highest BCUT2D eigenvalue weighted by molar-refractivity contribution is 7.79. The van der Waals surface area contributed by atoms with Crippen molar-refractivity contribution in [2.24, 2.45) is 0 Å². The Kier molecular flexibility index (Phi) is 8.93. The first-order chi connectivity index (χ1) is 31.8. The lowest BCUT2D eigenvalue weighted by molar-refractivity contribution is 1.04. The van der Waals surface area contributed by atoms with E-state index in [2.05, 4.69) is 224 Å². The third-order valence-corrected chi connectivity index (χ3v) is 16.9. The average Bonchev–Trinajstić information content (AvgIpc) is 3.90. The molecule has 0 saturated heterocycles. The van der Waals surface area contributed by atoms with Gasteiger partial charge in [-0.1, -0.05) is 212 Å². The summed E-state index contributed by atoms with van der Waals surface area (Å²) in [4.78, 5) is 0. The van der Waals surface area contributed by atoms with E-state index in [4.69, 9.17) is 0 Å². The minimum Gasteiger partial charge on any atom is -0.135 e. The number of fused-ring (bicyclic) bond motifs is 8. The van der Waals surface area contributed by atoms with Gasteiger partial charge in [-0.2, -0.15) is 0 Å². The molecule has 1 unspecified atom stereocenters. The Morgan fingerprint density at radius 1 is 0.344 bits per heavy atom. The molecule has 0 amide bonds. The predicted molar refractivity (Wildman–Crippen MR) is 280 cm³/mol. The van der Waals surface area contributed by atoms with Crippen LogP contribution >= 0.6 is 19.3 Å². The molecule has 0 aliphatic heterocycles. The zero-order chi connectivity index (χ0) is 42.1. The molecule has 0 spiro atoms. The minimum absolute atomic E-state index is 0.833. The third-order valence-electron chi connectivity index (χ3n) is 13.4. The quantitative estimate of drug-likeness (QED) is 0.140. The zero-order valence-electron chi connectivity index (χ0n) is 35.1. The van der Waals surface area contributed by atoms with E-state index < -0.39 is 7.92 Å². The van der Waals surface area contributed by atoms with Crippen LogP contribution in [0.25, 0.3) is 103 Å². The molecule has 300 valence electrons. The number of hydrogen-bond acceptors (Lipinski definition) is 1. The summed E-state index contributed by atoms with van der Waals surface area (Å²) in [5.41, 5.74) is 15.6. The van der Waals surface area contributed by atoms with Gasteiger partial charge in [-0.25, -0.2) is 0 Å². The van der Waals surface area contributed by atoms with E-state index in [0.717, 1.165) is 12.8 Å². The largest absolute Gasteiger partial charge is 0.135 e. The van der Waals surface area contributed by atoms with Crippen LogP contribution in [0.4, 0.5) is 0 Å². The van der Waals surface area contributed by atoms with E-state index in [0.29, 0.717) is 0 Å². The fourth-order valence-corrected chi connectivity index (χ4v) is 14.1. The van der Waals surface area contributed by atoms with Crippen molar-refractivity contribution in [3.63, 3.8) is 0 Å². The molecule has 0 saturated carbocycles. The summed E-state index contributed by atoms with van der Waals surface area (Å²) in [6, 6.07) is 77.6. The van der Waals surface area contributed by atoms with Crippen LogP contribution in [0.15, 0.2) is 224 Å². The summed E-state index contributed by atoms with van der Waals surface area (Å²) in [6.07, 6.45) is 9.18. The maximum absolute atomic E-state index is 2.53. The van der Waals surface area contributed by atoms with Crippen molar-refractivity contribution < 1.29 is 0 Å². The third kappa shape index (κ3) is 6.00. The van der Waals surface area contributed by atoms with Gasteiger partial charge in [0.15, 0.2) is 0 Å². The Labute approximate surface area is 378 Å². The summed E-state index contributed by atoms with van der Waals surface area (Å²) in [7, 11) is -0.833. The number of hydrogen-bond donors (Lipinski definition) is 0. The molecule has 2 aliphatic rings. The first-order valence-corrected chi connectivity index (χ1v) is 24.5. The number of allylic oxidation sites excluding steroid dienone is 4. The van der Waals surface area contributed by atoms with E-state index in [1.54, 1.807) is 0 Å². The molecule has 0 fully saturated rings. The van der Waals surface area contributed by atoms with Crippen LogP contribution in [-0.2, 0) is 0 Å². The summed E-state index contributed by atoms with van der Waals surface area (Å²) in [6.45, 7) is 0. The molecule has 2 aliphatic carbocycles. The molecule has 64 heavy (non-hydrogen) atoms. The van der Waals surface area contributed by atoms with E-state index >= 15 is 0 Å². The fraction of sp³-hybridized carbons (Fsp3) is 0.0323. The second-order valence-electron chi connectivity index (χ2n) is 17.0. The highest BCUT2D eigenvalue weighted by Gasteiger charge is 2.32. The van der Waals surface area contributed by atoms with Crippen molar-refractivity contribution in [2.75, 3.05) is 0 Å². The van der Waals surface area contributed by atoms with Crippen LogP contribution in [0.1, 0.15) is 18.4 Å². The molecular formula is C62H41PS. The maximum Gasteiger partial charge on any atom is 0.0368 e. The molecule has 0 nitrogen and oxygen atoms in total. The van der Waals surface area contributed by atoms with Crippen molar-refractivity contribution in [2.45, 2.75) is 12.8 Å². The van der Waals surface area contributed by atoms with Gasteiger partial charge in [0, 0.05) is 20.2 Å². The molecule has 10 aromatic carbocycles.